The molecule has 0 atom stereocenters. The van der Waals surface area contributed by atoms with Crippen LogP contribution in [-0.4, -0.2) is 48.2 Å². The number of sulfone groups is 1. The molecule has 0 saturated carbocycles. The molecule has 2 aromatic heterocycles. The Kier molecular flexibility index (Phi) is 4.24. The third-order valence-electron chi connectivity index (χ3n) is 3.94. The number of hydrogen-bond acceptors (Lipinski definition) is 7. The van der Waals surface area contributed by atoms with Gasteiger partial charge in [-0.1, -0.05) is 4.49 Å². The van der Waals surface area contributed by atoms with Gasteiger partial charge in [-0.3, -0.25) is 4.79 Å². The number of aryl methyl sites for hydroxylation is 1. The molecular weight excluding hydrogens is 338 g/mol. The number of aromatic nitrogens is 2. The first-order valence-corrected chi connectivity index (χ1v) is 9.91. The fraction of sp³-hybridized carbons (Fsp3) is 0.500. The van der Waals surface area contributed by atoms with Gasteiger partial charge in [0.15, 0.2) is 19.8 Å². The largest absolute Gasteiger partial charge is 0.456 e. The summed E-state index contributed by atoms with van der Waals surface area (Å²) in [5.41, 5.74) is 0.540. The Bertz CT molecular complexity index is 817. The van der Waals surface area contributed by atoms with E-state index >= 15 is 0 Å². The van der Waals surface area contributed by atoms with E-state index in [2.05, 4.69) is 9.59 Å². The van der Waals surface area contributed by atoms with Gasteiger partial charge in [0.25, 0.3) is 5.91 Å². The summed E-state index contributed by atoms with van der Waals surface area (Å²) >= 11 is 0.912. The van der Waals surface area contributed by atoms with Crippen LogP contribution in [0, 0.1) is 6.92 Å². The van der Waals surface area contributed by atoms with Crippen LogP contribution in [0.2, 0.25) is 0 Å². The molecule has 1 aliphatic rings. The summed E-state index contributed by atoms with van der Waals surface area (Å²) in [4.78, 5) is 14.1. The number of carbonyl (C=O) groups excluding carboxylic acids is 1. The van der Waals surface area contributed by atoms with Gasteiger partial charge < -0.3 is 9.32 Å². The molecule has 1 amide bonds. The van der Waals surface area contributed by atoms with E-state index in [-0.39, 0.29) is 16.0 Å². The summed E-state index contributed by atoms with van der Waals surface area (Å²) in [7, 11) is -3.31. The summed E-state index contributed by atoms with van der Waals surface area (Å²) in [6.07, 6.45) is 2.50. The van der Waals surface area contributed by atoms with Crippen LogP contribution in [0.4, 0.5) is 0 Å². The van der Waals surface area contributed by atoms with E-state index in [1.165, 1.54) is 6.26 Å². The van der Waals surface area contributed by atoms with Crippen LogP contribution in [0.25, 0.3) is 0 Å². The summed E-state index contributed by atoms with van der Waals surface area (Å²) in [5.74, 6) is 0.930. The molecule has 1 saturated heterocycles. The first-order valence-electron chi connectivity index (χ1n) is 7.24. The fourth-order valence-corrected chi connectivity index (χ4v) is 4.49. The predicted octanol–water partition coefficient (Wildman–Crippen LogP) is 1.86. The molecule has 3 heterocycles. The van der Waals surface area contributed by atoms with Crippen LogP contribution in [0.15, 0.2) is 20.8 Å². The molecule has 7 nitrogen and oxygen atoms in total. The molecule has 0 unspecified atom stereocenters. The highest BCUT2D eigenvalue weighted by Gasteiger charge is 2.31. The quantitative estimate of drug-likeness (QED) is 0.834. The zero-order chi connectivity index (χ0) is 16.6. The monoisotopic (exact) mass is 355 g/mol. The smallest absolute Gasteiger partial charge is 0.289 e. The first kappa shape index (κ1) is 16.1. The Morgan fingerprint density at radius 2 is 2.04 bits per heavy atom. The molecule has 3 rings (SSSR count). The number of amides is 1. The van der Waals surface area contributed by atoms with E-state index in [1.54, 1.807) is 24.0 Å². The summed E-state index contributed by atoms with van der Waals surface area (Å²) < 4.78 is 32.9. The molecule has 1 aliphatic heterocycles. The molecule has 9 heteroatoms. The molecule has 0 N–H and O–H groups in total. The van der Waals surface area contributed by atoms with E-state index in [0.29, 0.717) is 43.1 Å². The Morgan fingerprint density at radius 3 is 2.61 bits per heavy atom. The van der Waals surface area contributed by atoms with Crippen LogP contribution in [-0.2, 0) is 9.84 Å². The van der Waals surface area contributed by atoms with Crippen molar-refractivity contribution in [1.82, 2.24) is 14.5 Å². The maximum atomic E-state index is 12.3. The summed E-state index contributed by atoms with van der Waals surface area (Å²) in [6.45, 7) is 2.89. The van der Waals surface area contributed by atoms with Crippen molar-refractivity contribution in [3.8, 4) is 0 Å². The zero-order valence-corrected chi connectivity index (χ0v) is 14.5. The molecule has 0 aliphatic carbocycles. The highest BCUT2D eigenvalue weighted by atomic mass is 32.2. The van der Waals surface area contributed by atoms with Gasteiger partial charge in [0.2, 0.25) is 0 Å². The van der Waals surface area contributed by atoms with Crippen molar-refractivity contribution in [3.05, 3.63) is 29.3 Å². The highest BCUT2D eigenvalue weighted by Crippen LogP contribution is 2.33. The molecule has 0 radical (unpaired) electrons. The van der Waals surface area contributed by atoms with E-state index in [9.17, 15) is 13.2 Å². The molecule has 2 aromatic rings. The van der Waals surface area contributed by atoms with Crippen molar-refractivity contribution < 1.29 is 17.6 Å². The molecule has 0 aromatic carbocycles. The normalized spacial score (nSPS) is 16.7. The van der Waals surface area contributed by atoms with Crippen LogP contribution in [0.5, 0.6) is 0 Å². The SMILES string of the molecule is Cc1ccc(C(=O)N2CCC(c3nnsc3S(C)(=O)=O)CC2)o1. The topological polar surface area (TPSA) is 93.4 Å². The van der Waals surface area contributed by atoms with Gasteiger partial charge in [-0.2, -0.15) is 0 Å². The van der Waals surface area contributed by atoms with E-state index in [1.807, 2.05) is 0 Å². The number of piperidine rings is 1. The van der Waals surface area contributed by atoms with Gasteiger partial charge in [0.05, 0.1) is 5.69 Å². The molecule has 0 bridgehead atoms. The Balaban J connectivity index is 1.70. The van der Waals surface area contributed by atoms with Crippen molar-refractivity contribution >= 4 is 27.3 Å². The van der Waals surface area contributed by atoms with Crippen molar-refractivity contribution in [2.24, 2.45) is 0 Å². The maximum absolute atomic E-state index is 12.3. The van der Waals surface area contributed by atoms with Gasteiger partial charge in [0, 0.05) is 36.8 Å². The number of nitrogens with zero attached hydrogens (tertiary/aromatic N) is 3. The van der Waals surface area contributed by atoms with Crippen molar-refractivity contribution in [1.29, 1.82) is 0 Å². The number of likely N-dealkylation sites (tertiary alicyclic amines) is 1. The van der Waals surface area contributed by atoms with Gasteiger partial charge in [-0.25, -0.2) is 8.42 Å². The molecular formula is C14H17N3O4S2. The molecule has 0 spiro atoms. The van der Waals surface area contributed by atoms with Crippen molar-refractivity contribution in [2.45, 2.75) is 29.9 Å². The highest BCUT2D eigenvalue weighted by molar-refractivity contribution is 7.92. The number of hydrogen-bond donors (Lipinski definition) is 0. The molecule has 23 heavy (non-hydrogen) atoms. The standard InChI is InChI=1S/C14H17N3O4S2/c1-9-3-4-11(21-9)13(18)17-7-5-10(6-8-17)12-14(22-16-15-12)23(2,19)20/h3-4,10H,5-8H2,1-2H3. The van der Waals surface area contributed by atoms with E-state index in [4.69, 9.17) is 4.42 Å². The van der Waals surface area contributed by atoms with Crippen LogP contribution < -0.4 is 0 Å². The van der Waals surface area contributed by atoms with Crippen LogP contribution in [0.3, 0.4) is 0 Å². The van der Waals surface area contributed by atoms with Crippen molar-refractivity contribution in [2.75, 3.05) is 19.3 Å². The fourth-order valence-electron chi connectivity index (χ4n) is 2.76. The second-order valence-electron chi connectivity index (χ2n) is 5.69. The van der Waals surface area contributed by atoms with Gasteiger partial charge in [0.1, 0.15) is 5.76 Å². The maximum Gasteiger partial charge on any atom is 0.289 e. The minimum Gasteiger partial charge on any atom is -0.456 e. The lowest BCUT2D eigenvalue weighted by Crippen LogP contribution is -2.38. The number of furan rings is 1. The minimum absolute atomic E-state index is 0.0147. The molecule has 1 fully saturated rings. The van der Waals surface area contributed by atoms with Gasteiger partial charge in [-0.05, 0) is 31.9 Å². The van der Waals surface area contributed by atoms with Crippen molar-refractivity contribution in [3.63, 3.8) is 0 Å². The zero-order valence-electron chi connectivity index (χ0n) is 12.9. The lowest BCUT2D eigenvalue weighted by atomic mass is 9.94. The number of carbonyl (C=O) groups is 1. The van der Waals surface area contributed by atoms with Gasteiger partial charge in [-0.15, -0.1) is 5.10 Å². The lowest BCUT2D eigenvalue weighted by molar-refractivity contribution is 0.0678. The lowest BCUT2D eigenvalue weighted by Gasteiger charge is -2.30. The average Bonchev–Trinajstić information content (AvgIpc) is 3.15. The Hall–Kier alpha value is -1.74. The number of rotatable bonds is 3. The van der Waals surface area contributed by atoms with Crippen LogP contribution >= 0.6 is 11.5 Å². The summed E-state index contributed by atoms with van der Waals surface area (Å²) in [5, 5.41) is 4.01. The van der Waals surface area contributed by atoms with Gasteiger partial charge >= 0.3 is 0 Å². The molecule has 124 valence electrons. The summed E-state index contributed by atoms with van der Waals surface area (Å²) in [6, 6.07) is 3.44. The Morgan fingerprint density at radius 1 is 1.35 bits per heavy atom. The van der Waals surface area contributed by atoms with E-state index < -0.39 is 9.84 Å². The predicted molar refractivity (Wildman–Crippen MR) is 84.3 cm³/mol. The average molecular weight is 355 g/mol. The minimum atomic E-state index is -3.31. The second kappa shape index (κ2) is 6.04. The van der Waals surface area contributed by atoms with E-state index in [0.717, 1.165) is 11.5 Å². The van der Waals surface area contributed by atoms with Crippen LogP contribution in [0.1, 0.15) is 40.8 Å². The third kappa shape index (κ3) is 3.30. The first-order chi connectivity index (χ1) is 10.9. The Labute approximate surface area is 138 Å². The second-order valence-corrected chi connectivity index (χ2v) is 8.66. The third-order valence-corrected chi connectivity index (χ3v) is 6.49.